The average molecular weight is 189 g/mol. The third-order valence-corrected chi connectivity index (χ3v) is 2.80. The molecule has 0 aromatic carbocycles. The van der Waals surface area contributed by atoms with E-state index in [-0.39, 0.29) is 6.61 Å². The lowest BCUT2D eigenvalue weighted by Gasteiger charge is -2.50. The Kier molecular flexibility index (Phi) is 3.67. The van der Waals surface area contributed by atoms with E-state index in [0.717, 1.165) is 19.5 Å². The van der Waals surface area contributed by atoms with Crippen molar-refractivity contribution in [1.82, 2.24) is 4.90 Å². The van der Waals surface area contributed by atoms with Crippen LogP contribution < -0.4 is 0 Å². The van der Waals surface area contributed by atoms with E-state index in [4.69, 9.17) is 14.6 Å². The van der Waals surface area contributed by atoms with Gasteiger partial charge in [0.25, 0.3) is 0 Å². The van der Waals surface area contributed by atoms with Gasteiger partial charge < -0.3 is 14.6 Å². The molecule has 1 unspecified atom stereocenters. The van der Waals surface area contributed by atoms with Gasteiger partial charge in [-0.25, -0.2) is 0 Å². The third-order valence-electron chi connectivity index (χ3n) is 2.80. The van der Waals surface area contributed by atoms with Gasteiger partial charge in [-0.15, -0.1) is 0 Å². The summed E-state index contributed by atoms with van der Waals surface area (Å²) in [5.41, 5.74) is 0. The van der Waals surface area contributed by atoms with E-state index in [2.05, 4.69) is 11.8 Å². The fraction of sp³-hybridized carbons (Fsp3) is 1.00. The minimum Gasteiger partial charge on any atom is -0.396 e. The van der Waals surface area contributed by atoms with Crippen LogP contribution >= 0.6 is 0 Å². The summed E-state index contributed by atoms with van der Waals surface area (Å²) in [6.07, 6.45) is 0.809. The molecule has 0 spiro atoms. The summed E-state index contributed by atoms with van der Waals surface area (Å²) in [5.74, 6) is -0.399. The minimum absolute atomic E-state index is 0.241. The first-order valence-electron chi connectivity index (χ1n) is 4.62. The molecule has 4 heteroatoms. The Morgan fingerprint density at radius 1 is 1.38 bits per heavy atom. The van der Waals surface area contributed by atoms with Crippen molar-refractivity contribution in [2.75, 3.05) is 33.9 Å². The lowest BCUT2D eigenvalue weighted by atomic mass is 10.0. The zero-order chi connectivity index (χ0) is 9.90. The van der Waals surface area contributed by atoms with Crippen molar-refractivity contribution in [1.29, 1.82) is 0 Å². The summed E-state index contributed by atoms with van der Waals surface area (Å²) >= 11 is 0. The van der Waals surface area contributed by atoms with Gasteiger partial charge in [-0.3, -0.25) is 4.90 Å². The van der Waals surface area contributed by atoms with E-state index in [1.807, 2.05) is 0 Å². The smallest absolute Gasteiger partial charge is 0.193 e. The summed E-state index contributed by atoms with van der Waals surface area (Å²) in [5, 5.41) is 8.76. The van der Waals surface area contributed by atoms with E-state index < -0.39 is 5.79 Å². The molecule has 0 bridgehead atoms. The summed E-state index contributed by atoms with van der Waals surface area (Å²) in [6.45, 7) is 3.93. The van der Waals surface area contributed by atoms with E-state index >= 15 is 0 Å². The molecule has 1 aliphatic heterocycles. The van der Waals surface area contributed by atoms with Gasteiger partial charge in [0.2, 0.25) is 0 Å². The fourth-order valence-electron chi connectivity index (χ4n) is 1.60. The highest BCUT2D eigenvalue weighted by atomic mass is 16.7. The Hall–Kier alpha value is -0.160. The number of nitrogens with zero attached hydrogens (tertiary/aromatic N) is 1. The molecule has 0 aliphatic carbocycles. The van der Waals surface area contributed by atoms with Gasteiger partial charge in [-0.05, 0) is 13.3 Å². The van der Waals surface area contributed by atoms with Gasteiger partial charge in [0.05, 0.1) is 13.1 Å². The Morgan fingerprint density at radius 3 is 2.31 bits per heavy atom. The quantitative estimate of drug-likeness (QED) is 0.621. The van der Waals surface area contributed by atoms with Crippen LogP contribution in [-0.4, -0.2) is 55.8 Å². The summed E-state index contributed by atoms with van der Waals surface area (Å²) in [6, 6.07) is 0.406. The number of aliphatic hydroxyl groups excluding tert-OH is 1. The number of methoxy groups -OCH3 is 2. The highest BCUT2D eigenvalue weighted by molar-refractivity contribution is 4.91. The number of rotatable bonds is 5. The summed E-state index contributed by atoms with van der Waals surface area (Å²) in [4.78, 5) is 2.24. The largest absolute Gasteiger partial charge is 0.396 e. The zero-order valence-corrected chi connectivity index (χ0v) is 8.62. The van der Waals surface area contributed by atoms with Crippen LogP contribution in [0.15, 0.2) is 0 Å². The van der Waals surface area contributed by atoms with Crippen molar-refractivity contribution in [3.63, 3.8) is 0 Å². The topological polar surface area (TPSA) is 41.9 Å². The van der Waals surface area contributed by atoms with E-state index in [9.17, 15) is 0 Å². The molecule has 1 aliphatic rings. The molecule has 1 rings (SSSR count). The van der Waals surface area contributed by atoms with Crippen LogP contribution in [0.5, 0.6) is 0 Å². The number of hydrogen-bond donors (Lipinski definition) is 1. The molecule has 78 valence electrons. The first-order chi connectivity index (χ1) is 6.17. The maximum absolute atomic E-state index is 8.76. The van der Waals surface area contributed by atoms with Crippen LogP contribution in [-0.2, 0) is 9.47 Å². The van der Waals surface area contributed by atoms with Crippen molar-refractivity contribution < 1.29 is 14.6 Å². The first-order valence-corrected chi connectivity index (χ1v) is 4.62. The molecular formula is C9H19NO3. The average Bonchev–Trinajstić information content (AvgIpc) is 2.05. The molecule has 0 saturated carbocycles. The Balaban J connectivity index is 2.30. The second kappa shape index (κ2) is 4.37. The van der Waals surface area contributed by atoms with Crippen LogP contribution in [0.2, 0.25) is 0 Å². The number of aliphatic hydroxyl groups is 1. The number of ether oxygens (including phenoxy) is 2. The maximum Gasteiger partial charge on any atom is 0.193 e. The van der Waals surface area contributed by atoms with Crippen molar-refractivity contribution in [3.05, 3.63) is 0 Å². The Labute approximate surface area is 79.4 Å². The normalized spacial score (nSPS) is 24.0. The molecule has 1 atom stereocenters. The lowest BCUT2D eigenvalue weighted by Crippen LogP contribution is -2.66. The van der Waals surface area contributed by atoms with Gasteiger partial charge in [0.15, 0.2) is 5.79 Å². The molecule has 1 saturated heterocycles. The molecule has 1 fully saturated rings. The molecule has 1 N–H and O–H groups in total. The predicted molar refractivity (Wildman–Crippen MR) is 49.5 cm³/mol. The lowest BCUT2D eigenvalue weighted by molar-refractivity contribution is -0.281. The van der Waals surface area contributed by atoms with Gasteiger partial charge in [-0.2, -0.15) is 0 Å². The van der Waals surface area contributed by atoms with Crippen molar-refractivity contribution in [2.45, 2.75) is 25.2 Å². The summed E-state index contributed by atoms with van der Waals surface area (Å²) < 4.78 is 10.5. The molecule has 0 aromatic rings. The van der Waals surface area contributed by atoms with Crippen LogP contribution in [0.25, 0.3) is 0 Å². The minimum atomic E-state index is -0.399. The second-order valence-electron chi connectivity index (χ2n) is 3.59. The van der Waals surface area contributed by atoms with Gasteiger partial charge in [0.1, 0.15) is 0 Å². The van der Waals surface area contributed by atoms with Crippen molar-refractivity contribution >= 4 is 0 Å². The maximum atomic E-state index is 8.76. The van der Waals surface area contributed by atoms with Crippen molar-refractivity contribution in [2.24, 2.45) is 0 Å². The molecular weight excluding hydrogens is 170 g/mol. The standard InChI is InChI=1S/C9H19NO3/c1-8(4-5-11)10-6-9(7-10,12-2)13-3/h8,11H,4-7H2,1-3H3. The second-order valence-corrected chi connectivity index (χ2v) is 3.59. The van der Waals surface area contributed by atoms with E-state index in [1.165, 1.54) is 0 Å². The zero-order valence-electron chi connectivity index (χ0n) is 8.62. The molecule has 0 aromatic heterocycles. The molecule has 1 heterocycles. The van der Waals surface area contributed by atoms with Crippen LogP contribution in [0.3, 0.4) is 0 Å². The third kappa shape index (κ3) is 2.20. The number of hydrogen-bond acceptors (Lipinski definition) is 4. The monoisotopic (exact) mass is 189 g/mol. The SMILES string of the molecule is COC1(OC)CN(C(C)CCO)C1. The van der Waals surface area contributed by atoms with Gasteiger partial charge in [0, 0.05) is 26.9 Å². The van der Waals surface area contributed by atoms with Crippen LogP contribution in [0.4, 0.5) is 0 Å². The molecule has 0 amide bonds. The molecule has 0 radical (unpaired) electrons. The van der Waals surface area contributed by atoms with E-state index in [0.29, 0.717) is 6.04 Å². The van der Waals surface area contributed by atoms with Crippen LogP contribution in [0, 0.1) is 0 Å². The Bertz CT molecular complexity index is 151. The predicted octanol–water partition coefficient (Wildman–Crippen LogP) is 0.0620. The first kappa shape index (κ1) is 10.9. The highest BCUT2D eigenvalue weighted by Gasteiger charge is 2.45. The van der Waals surface area contributed by atoms with Gasteiger partial charge in [-0.1, -0.05) is 0 Å². The fourth-order valence-corrected chi connectivity index (χ4v) is 1.60. The summed E-state index contributed by atoms with van der Waals surface area (Å²) in [7, 11) is 3.33. The van der Waals surface area contributed by atoms with Gasteiger partial charge >= 0.3 is 0 Å². The highest BCUT2D eigenvalue weighted by Crippen LogP contribution is 2.27. The van der Waals surface area contributed by atoms with E-state index in [1.54, 1.807) is 14.2 Å². The molecule has 4 nitrogen and oxygen atoms in total. The van der Waals surface area contributed by atoms with Crippen LogP contribution in [0.1, 0.15) is 13.3 Å². The molecule has 13 heavy (non-hydrogen) atoms. The Morgan fingerprint density at radius 2 is 1.92 bits per heavy atom. The van der Waals surface area contributed by atoms with Crippen molar-refractivity contribution in [3.8, 4) is 0 Å². The number of likely N-dealkylation sites (tertiary alicyclic amines) is 1.